The highest BCUT2D eigenvalue weighted by Gasteiger charge is 2.35. The number of ether oxygens (including phenoxy) is 1. The monoisotopic (exact) mass is 624 g/mol. The van der Waals surface area contributed by atoms with Crippen LogP contribution in [0.4, 0.5) is 35.1 Å². The van der Waals surface area contributed by atoms with Crippen molar-refractivity contribution in [3.05, 3.63) is 98.9 Å². The summed E-state index contributed by atoms with van der Waals surface area (Å²) in [5, 5.41) is 0. The first-order valence-corrected chi connectivity index (χ1v) is 15.5. The van der Waals surface area contributed by atoms with Crippen molar-refractivity contribution in [3.8, 4) is 5.75 Å². The van der Waals surface area contributed by atoms with Gasteiger partial charge in [0.15, 0.2) is 11.6 Å². The van der Waals surface area contributed by atoms with E-state index in [-0.39, 0.29) is 59.1 Å². The number of aryl methyl sites for hydroxylation is 1. The molecule has 0 amide bonds. The number of fused-ring (bicyclic) bond motifs is 1. The molecule has 0 saturated heterocycles. The molecule has 44 heavy (non-hydrogen) atoms. The zero-order valence-electron chi connectivity index (χ0n) is 24.6. The summed E-state index contributed by atoms with van der Waals surface area (Å²) < 4.78 is 117. The average Bonchev–Trinajstić information content (AvgIpc) is 2.98. The summed E-state index contributed by atoms with van der Waals surface area (Å²) in [6.07, 6.45) is 0.828. The van der Waals surface area contributed by atoms with Crippen LogP contribution in [-0.2, 0) is 25.7 Å². The molecule has 3 aromatic carbocycles. The van der Waals surface area contributed by atoms with Crippen LogP contribution in [0.3, 0.4) is 0 Å². The largest absolute Gasteiger partial charge is 0.573 e. The molecule has 1 atom stereocenters. The van der Waals surface area contributed by atoms with Crippen LogP contribution in [0.5, 0.6) is 5.75 Å². The van der Waals surface area contributed by atoms with Gasteiger partial charge in [0.05, 0.1) is 0 Å². The fourth-order valence-corrected chi connectivity index (χ4v) is 7.02. The molecule has 0 aliphatic heterocycles. The number of unbranched alkanes of at least 4 members (excludes halogenated alkanes) is 1. The summed E-state index contributed by atoms with van der Waals surface area (Å²) in [4.78, 5) is 0. The summed E-state index contributed by atoms with van der Waals surface area (Å²) in [5.41, 5.74) is 1.41. The van der Waals surface area contributed by atoms with Crippen molar-refractivity contribution in [1.82, 2.24) is 0 Å². The third kappa shape index (κ3) is 7.23. The smallest absolute Gasteiger partial charge is 0.406 e. The second kappa shape index (κ2) is 13.5. The second-order valence-electron chi connectivity index (χ2n) is 12.3. The fraction of sp³-hybridized carbons (Fsp3) is 0.486. The van der Waals surface area contributed by atoms with E-state index in [1.165, 1.54) is 24.3 Å². The standard InChI is InChI=1S/C35H36F8O/c1-2-3-4-21-18-29(36)27(30(37)19-21)16-6-20-5-15-26-28(17-20)33(39)34(40)31(32(26)38)24-9-7-22(8-10-24)23-11-13-25(14-12-23)44-35(41,42)43/h11-14,18-20,22,24H,2-10,15-17H2,1H3. The van der Waals surface area contributed by atoms with Gasteiger partial charge in [-0.25, -0.2) is 22.0 Å². The van der Waals surface area contributed by atoms with Gasteiger partial charge in [-0.3, -0.25) is 0 Å². The molecule has 3 aromatic rings. The fourth-order valence-electron chi connectivity index (χ4n) is 7.02. The van der Waals surface area contributed by atoms with Crippen molar-refractivity contribution in [3.63, 3.8) is 0 Å². The number of benzene rings is 3. The molecule has 9 heteroatoms. The topological polar surface area (TPSA) is 9.23 Å². The van der Waals surface area contributed by atoms with Gasteiger partial charge in [0, 0.05) is 11.1 Å². The second-order valence-corrected chi connectivity index (χ2v) is 12.3. The molecule has 1 fully saturated rings. The summed E-state index contributed by atoms with van der Waals surface area (Å²) in [6, 6.07) is 8.36. The first kappa shape index (κ1) is 32.3. The predicted octanol–water partition coefficient (Wildman–Crippen LogP) is 10.8. The zero-order chi connectivity index (χ0) is 31.6. The van der Waals surface area contributed by atoms with E-state index < -0.39 is 41.4 Å². The number of hydrogen-bond donors (Lipinski definition) is 0. The minimum atomic E-state index is -4.78. The van der Waals surface area contributed by atoms with Crippen LogP contribution in [0.25, 0.3) is 0 Å². The van der Waals surface area contributed by atoms with Gasteiger partial charge in [0.25, 0.3) is 0 Å². The molecule has 0 heterocycles. The molecule has 1 nitrogen and oxygen atoms in total. The first-order chi connectivity index (χ1) is 20.9. The van der Waals surface area contributed by atoms with Gasteiger partial charge < -0.3 is 4.74 Å². The quantitative estimate of drug-likeness (QED) is 0.170. The van der Waals surface area contributed by atoms with Crippen molar-refractivity contribution in [2.45, 2.75) is 102 Å². The lowest BCUT2D eigenvalue weighted by atomic mass is 9.73. The van der Waals surface area contributed by atoms with Gasteiger partial charge in [-0.15, -0.1) is 13.2 Å². The maximum atomic E-state index is 15.8. The maximum absolute atomic E-state index is 15.8. The SMILES string of the molecule is CCCCc1cc(F)c(CCC2CCc3c(F)c(C4CCC(c5ccc(OC(F)(F)F)cc5)CC4)c(F)c(F)c3C2)c(F)c1. The molecule has 2 aliphatic rings. The third-order valence-corrected chi connectivity index (χ3v) is 9.40. The Morgan fingerprint density at radius 1 is 0.750 bits per heavy atom. The van der Waals surface area contributed by atoms with E-state index in [9.17, 15) is 22.0 Å². The van der Waals surface area contributed by atoms with Crippen molar-refractivity contribution in [1.29, 1.82) is 0 Å². The van der Waals surface area contributed by atoms with Crippen LogP contribution in [0.1, 0.15) is 104 Å². The van der Waals surface area contributed by atoms with E-state index >= 15 is 13.2 Å². The summed E-state index contributed by atoms with van der Waals surface area (Å²) >= 11 is 0. The van der Waals surface area contributed by atoms with Crippen LogP contribution in [-0.4, -0.2) is 6.36 Å². The van der Waals surface area contributed by atoms with Gasteiger partial charge in [0.1, 0.15) is 23.2 Å². The lowest BCUT2D eigenvalue weighted by Gasteiger charge is -2.32. The molecular weight excluding hydrogens is 588 g/mol. The number of halogens is 8. The van der Waals surface area contributed by atoms with Gasteiger partial charge in [-0.2, -0.15) is 0 Å². The minimum absolute atomic E-state index is 0.00255. The van der Waals surface area contributed by atoms with Crippen molar-refractivity contribution >= 4 is 0 Å². The van der Waals surface area contributed by atoms with Crippen LogP contribution in [0.15, 0.2) is 36.4 Å². The van der Waals surface area contributed by atoms with E-state index in [1.54, 1.807) is 12.1 Å². The average molecular weight is 625 g/mol. The van der Waals surface area contributed by atoms with Gasteiger partial charge in [-0.05, 0) is 135 Å². The molecule has 2 aliphatic carbocycles. The lowest BCUT2D eigenvalue weighted by molar-refractivity contribution is -0.274. The van der Waals surface area contributed by atoms with Gasteiger partial charge in [-0.1, -0.05) is 25.5 Å². The molecule has 0 radical (unpaired) electrons. The van der Waals surface area contributed by atoms with Gasteiger partial charge >= 0.3 is 6.36 Å². The van der Waals surface area contributed by atoms with Crippen LogP contribution in [0, 0.1) is 35.0 Å². The van der Waals surface area contributed by atoms with Crippen LogP contribution in [0.2, 0.25) is 0 Å². The van der Waals surface area contributed by atoms with E-state index in [4.69, 9.17) is 0 Å². The highest BCUT2D eigenvalue weighted by molar-refractivity contribution is 5.41. The zero-order valence-corrected chi connectivity index (χ0v) is 24.6. The Bertz CT molecular complexity index is 1430. The molecule has 0 aromatic heterocycles. The van der Waals surface area contributed by atoms with E-state index in [0.29, 0.717) is 50.5 Å². The minimum Gasteiger partial charge on any atom is -0.406 e. The number of alkyl halides is 3. The van der Waals surface area contributed by atoms with Crippen molar-refractivity contribution in [2.24, 2.45) is 5.92 Å². The lowest BCUT2D eigenvalue weighted by Crippen LogP contribution is -2.23. The molecule has 1 unspecified atom stereocenters. The Hall–Kier alpha value is -3.10. The highest BCUT2D eigenvalue weighted by atomic mass is 19.4. The molecule has 0 N–H and O–H groups in total. The molecule has 1 saturated carbocycles. The molecule has 0 spiro atoms. The molecule has 0 bridgehead atoms. The predicted molar refractivity (Wildman–Crippen MR) is 152 cm³/mol. The van der Waals surface area contributed by atoms with Gasteiger partial charge in [0.2, 0.25) is 0 Å². The first-order valence-electron chi connectivity index (χ1n) is 15.5. The maximum Gasteiger partial charge on any atom is 0.573 e. The molecule has 5 rings (SSSR count). The third-order valence-electron chi connectivity index (χ3n) is 9.40. The Balaban J connectivity index is 1.23. The summed E-state index contributed by atoms with van der Waals surface area (Å²) in [5.74, 6) is -5.09. The van der Waals surface area contributed by atoms with E-state index in [0.717, 1.165) is 18.4 Å². The van der Waals surface area contributed by atoms with E-state index in [1.807, 2.05) is 6.92 Å². The van der Waals surface area contributed by atoms with Crippen molar-refractivity contribution in [2.75, 3.05) is 0 Å². The van der Waals surface area contributed by atoms with Crippen LogP contribution >= 0.6 is 0 Å². The summed E-state index contributed by atoms with van der Waals surface area (Å²) in [7, 11) is 0. The summed E-state index contributed by atoms with van der Waals surface area (Å²) in [6.45, 7) is 2.00. The highest BCUT2D eigenvalue weighted by Crippen LogP contribution is 2.45. The Morgan fingerprint density at radius 2 is 1.39 bits per heavy atom. The van der Waals surface area contributed by atoms with E-state index in [2.05, 4.69) is 4.74 Å². The molecule has 238 valence electrons. The van der Waals surface area contributed by atoms with Crippen LogP contribution < -0.4 is 4.74 Å². The Kier molecular flexibility index (Phi) is 9.90. The Morgan fingerprint density at radius 3 is 2.00 bits per heavy atom. The molecular formula is C35H36F8O. The van der Waals surface area contributed by atoms with Crippen molar-refractivity contribution < 1.29 is 39.9 Å². The number of rotatable bonds is 9. The Labute approximate surface area is 252 Å². The number of hydrogen-bond acceptors (Lipinski definition) is 1. The normalized spacial score (nSPS) is 20.4.